The van der Waals surface area contributed by atoms with Crippen molar-refractivity contribution in [1.82, 2.24) is 10.6 Å². The smallest absolute Gasteiger partial charge is 0.248 e. The van der Waals surface area contributed by atoms with E-state index in [1.807, 2.05) is 19.9 Å². The Morgan fingerprint density at radius 3 is 2.70 bits per heavy atom. The summed E-state index contributed by atoms with van der Waals surface area (Å²) in [6, 6.07) is 13.3. The highest BCUT2D eigenvalue weighted by Gasteiger charge is 2.09. The molecule has 0 aromatic heterocycles. The zero-order valence-corrected chi connectivity index (χ0v) is 15.5. The fraction of sp³-hybridized carbons (Fsp3) is 0.300. The second-order valence-electron chi connectivity index (χ2n) is 6.00. The van der Waals surface area contributed by atoms with Crippen LogP contribution >= 0.6 is 0 Å². The number of halogens is 1. The number of guanidine groups is 1. The Labute approximate surface area is 158 Å². The second kappa shape index (κ2) is 10.2. The zero-order valence-electron chi connectivity index (χ0n) is 15.5. The third kappa shape index (κ3) is 6.62. The summed E-state index contributed by atoms with van der Waals surface area (Å²) in [4.78, 5) is 15.8. The number of nitrogens with zero attached hydrogens (tertiary/aromatic N) is 1. The molecule has 0 aliphatic carbocycles. The first kappa shape index (κ1) is 20.2. The fourth-order valence-electron chi connectivity index (χ4n) is 2.37. The predicted molar refractivity (Wildman–Crippen MR) is 104 cm³/mol. The van der Waals surface area contributed by atoms with Crippen LogP contribution in [0.15, 0.2) is 53.5 Å². The average Bonchev–Trinajstić information content (AvgIpc) is 2.66. The van der Waals surface area contributed by atoms with Crippen molar-refractivity contribution >= 4 is 11.9 Å². The summed E-state index contributed by atoms with van der Waals surface area (Å²) in [5, 5.41) is 6.31. The van der Waals surface area contributed by atoms with Gasteiger partial charge in [0.1, 0.15) is 6.10 Å². The molecule has 2 aromatic rings. The van der Waals surface area contributed by atoms with Crippen LogP contribution in [0, 0.1) is 5.82 Å². The molecule has 0 aliphatic rings. The molecule has 27 heavy (non-hydrogen) atoms. The lowest BCUT2D eigenvalue weighted by Crippen LogP contribution is -2.41. The highest BCUT2D eigenvalue weighted by Crippen LogP contribution is 2.16. The molecule has 2 aromatic carbocycles. The van der Waals surface area contributed by atoms with E-state index in [2.05, 4.69) is 15.6 Å². The minimum atomic E-state index is -0.468. The Balaban J connectivity index is 1.94. The molecule has 1 unspecified atom stereocenters. The molecule has 1 amide bonds. The van der Waals surface area contributed by atoms with Crippen LogP contribution in [0.4, 0.5) is 4.39 Å². The number of hydrogen-bond acceptors (Lipinski definition) is 3. The average molecular weight is 372 g/mol. The maximum absolute atomic E-state index is 13.7. The number of para-hydroxylation sites is 1. The topological polar surface area (TPSA) is 88.7 Å². The molecule has 0 radical (unpaired) electrons. The number of hydrogen-bond donors (Lipinski definition) is 3. The van der Waals surface area contributed by atoms with Crippen LogP contribution in [-0.4, -0.2) is 31.1 Å². The van der Waals surface area contributed by atoms with Crippen LogP contribution in [0.3, 0.4) is 0 Å². The van der Waals surface area contributed by atoms with Gasteiger partial charge in [-0.25, -0.2) is 9.38 Å². The van der Waals surface area contributed by atoms with Crippen molar-refractivity contribution in [1.29, 1.82) is 0 Å². The van der Waals surface area contributed by atoms with Gasteiger partial charge in [-0.2, -0.15) is 0 Å². The van der Waals surface area contributed by atoms with Gasteiger partial charge >= 0.3 is 0 Å². The van der Waals surface area contributed by atoms with Gasteiger partial charge in [-0.05, 0) is 43.7 Å². The number of ether oxygens (including phenoxy) is 1. The van der Waals surface area contributed by atoms with Crippen molar-refractivity contribution in [2.24, 2.45) is 10.7 Å². The lowest BCUT2D eigenvalue weighted by molar-refractivity contribution is 0.1000. The minimum Gasteiger partial charge on any atom is -0.486 e. The van der Waals surface area contributed by atoms with E-state index in [-0.39, 0.29) is 17.7 Å². The van der Waals surface area contributed by atoms with E-state index in [0.717, 1.165) is 5.56 Å². The number of amides is 1. The maximum atomic E-state index is 13.7. The Morgan fingerprint density at radius 2 is 2.00 bits per heavy atom. The van der Waals surface area contributed by atoms with Crippen LogP contribution in [0.2, 0.25) is 0 Å². The van der Waals surface area contributed by atoms with Gasteiger partial charge < -0.3 is 21.1 Å². The van der Waals surface area contributed by atoms with Gasteiger partial charge in [0.2, 0.25) is 5.91 Å². The Kier molecular flexibility index (Phi) is 7.61. The molecule has 0 spiro atoms. The molecule has 6 nitrogen and oxygen atoms in total. The normalized spacial score (nSPS) is 12.3. The Hall–Kier alpha value is -3.09. The highest BCUT2D eigenvalue weighted by atomic mass is 19.1. The Morgan fingerprint density at radius 1 is 1.22 bits per heavy atom. The maximum Gasteiger partial charge on any atom is 0.248 e. The SMILES string of the molecule is CCNC(=NCc1cccc(C(N)=O)c1)NCC(C)Oc1ccccc1F. The lowest BCUT2D eigenvalue weighted by Gasteiger charge is -2.18. The summed E-state index contributed by atoms with van der Waals surface area (Å²) in [6.45, 7) is 5.33. The lowest BCUT2D eigenvalue weighted by atomic mass is 10.1. The quantitative estimate of drug-likeness (QED) is 0.491. The van der Waals surface area contributed by atoms with Crippen LogP contribution in [0.5, 0.6) is 5.75 Å². The van der Waals surface area contributed by atoms with Gasteiger partial charge in [-0.1, -0.05) is 24.3 Å². The first-order chi connectivity index (χ1) is 13.0. The number of rotatable bonds is 8. The molecule has 2 rings (SSSR count). The van der Waals surface area contributed by atoms with Crippen LogP contribution in [-0.2, 0) is 6.54 Å². The van der Waals surface area contributed by atoms with E-state index in [0.29, 0.717) is 31.2 Å². The number of carbonyl (C=O) groups is 1. The molecular formula is C20H25FN4O2. The summed E-state index contributed by atoms with van der Waals surface area (Å²) in [5.41, 5.74) is 6.63. The van der Waals surface area contributed by atoms with Crippen LogP contribution in [0.25, 0.3) is 0 Å². The molecule has 0 fully saturated rings. The second-order valence-corrected chi connectivity index (χ2v) is 6.00. The highest BCUT2D eigenvalue weighted by molar-refractivity contribution is 5.92. The first-order valence-electron chi connectivity index (χ1n) is 8.81. The summed E-state index contributed by atoms with van der Waals surface area (Å²) < 4.78 is 19.3. The number of aliphatic imine (C=N–C) groups is 1. The van der Waals surface area contributed by atoms with E-state index in [4.69, 9.17) is 10.5 Å². The number of nitrogens with two attached hydrogens (primary N) is 1. The summed E-state index contributed by atoms with van der Waals surface area (Å²) in [7, 11) is 0. The first-order valence-corrected chi connectivity index (χ1v) is 8.81. The van der Waals surface area contributed by atoms with E-state index in [1.54, 1.807) is 36.4 Å². The molecule has 7 heteroatoms. The minimum absolute atomic E-state index is 0.219. The zero-order chi connectivity index (χ0) is 19.6. The fourth-order valence-corrected chi connectivity index (χ4v) is 2.37. The molecule has 0 saturated heterocycles. The largest absolute Gasteiger partial charge is 0.486 e. The van der Waals surface area contributed by atoms with E-state index >= 15 is 0 Å². The van der Waals surface area contributed by atoms with Crippen molar-refractivity contribution in [2.45, 2.75) is 26.5 Å². The standard InChI is InChI=1S/C20H25FN4O2/c1-3-23-20(25-13-15-7-6-8-16(11-15)19(22)26)24-12-14(2)27-18-10-5-4-9-17(18)21/h4-11,14H,3,12-13H2,1-2H3,(H2,22,26)(H2,23,24,25). The van der Waals surface area contributed by atoms with Gasteiger partial charge in [0.25, 0.3) is 0 Å². The molecule has 4 N–H and O–H groups in total. The van der Waals surface area contributed by atoms with Crippen molar-refractivity contribution in [3.05, 3.63) is 65.5 Å². The van der Waals surface area contributed by atoms with Crippen molar-refractivity contribution < 1.29 is 13.9 Å². The van der Waals surface area contributed by atoms with Gasteiger partial charge in [-0.15, -0.1) is 0 Å². The molecule has 0 bridgehead atoms. The van der Waals surface area contributed by atoms with Gasteiger partial charge in [0, 0.05) is 12.1 Å². The van der Waals surface area contributed by atoms with Crippen molar-refractivity contribution in [3.63, 3.8) is 0 Å². The van der Waals surface area contributed by atoms with Gasteiger partial charge in [-0.3, -0.25) is 4.79 Å². The van der Waals surface area contributed by atoms with E-state index in [1.165, 1.54) is 6.07 Å². The molecule has 144 valence electrons. The number of nitrogens with one attached hydrogen (secondary N) is 2. The van der Waals surface area contributed by atoms with E-state index < -0.39 is 5.91 Å². The molecule has 0 saturated carbocycles. The van der Waals surface area contributed by atoms with Crippen LogP contribution in [0.1, 0.15) is 29.8 Å². The predicted octanol–water partition coefficient (Wildman–Crippen LogP) is 2.45. The van der Waals surface area contributed by atoms with Crippen LogP contribution < -0.4 is 21.1 Å². The van der Waals surface area contributed by atoms with Gasteiger partial charge in [0.15, 0.2) is 17.5 Å². The summed E-state index contributed by atoms with van der Waals surface area (Å²) in [6.07, 6.45) is -0.260. The van der Waals surface area contributed by atoms with E-state index in [9.17, 15) is 9.18 Å². The monoisotopic (exact) mass is 372 g/mol. The van der Waals surface area contributed by atoms with Crippen molar-refractivity contribution in [3.8, 4) is 5.75 Å². The third-order valence-corrected chi connectivity index (χ3v) is 3.70. The summed E-state index contributed by atoms with van der Waals surface area (Å²) >= 11 is 0. The molecule has 0 heterocycles. The van der Waals surface area contributed by atoms with Gasteiger partial charge in [0.05, 0.1) is 13.1 Å². The summed E-state index contributed by atoms with van der Waals surface area (Å²) in [5.74, 6) is -0.0350. The molecule has 1 atom stereocenters. The molecule has 0 aliphatic heterocycles. The van der Waals surface area contributed by atoms with Crippen molar-refractivity contribution in [2.75, 3.05) is 13.1 Å². The Bertz CT molecular complexity index is 795. The molecular weight excluding hydrogens is 347 g/mol. The number of primary amides is 1. The third-order valence-electron chi connectivity index (χ3n) is 3.70. The number of benzene rings is 2. The number of carbonyl (C=O) groups excluding carboxylic acids is 1.